The molecule has 0 radical (unpaired) electrons. The summed E-state index contributed by atoms with van der Waals surface area (Å²) >= 11 is 0. The van der Waals surface area contributed by atoms with Crippen LogP contribution in [0.25, 0.3) is 0 Å². The number of nitrogens with zero attached hydrogens (tertiary/aromatic N) is 1. The van der Waals surface area contributed by atoms with E-state index in [1.54, 1.807) is 6.07 Å². The molecule has 2 aromatic rings. The van der Waals surface area contributed by atoms with E-state index in [9.17, 15) is 9.18 Å². The van der Waals surface area contributed by atoms with Gasteiger partial charge in [0.1, 0.15) is 11.2 Å². The summed E-state index contributed by atoms with van der Waals surface area (Å²) in [6, 6.07) is 10.5. The molecule has 1 aliphatic carbocycles. The van der Waals surface area contributed by atoms with Crippen molar-refractivity contribution >= 4 is 17.2 Å². The summed E-state index contributed by atoms with van der Waals surface area (Å²) in [7, 11) is 0. The molecule has 0 fully saturated rings. The summed E-state index contributed by atoms with van der Waals surface area (Å²) in [5, 5.41) is 0. The van der Waals surface area contributed by atoms with E-state index in [0.717, 1.165) is 28.1 Å². The fraction of sp³-hybridized carbons (Fsp3) is 0.222. The Balaban J connectivity index is 1.98. The average Bonchev–Trinajstić information content (AvgIpc) is 2.89. The van der Waals surface area contributed by atoms with Gasteiger partial charge in [0.2, 0.25) is 0 Å². The SMILES string of the molecule is CC1=Nc2ccc(C)cc2C12Cc1ccc(F)cc1C2=O. The zero-order chi connectivity index (χ0) is 14.8. The van der Waals surface area contributed by atoms with Gasteiger partial charge in [0.05, 0.1) is 5.69 Å². The lowest BCUT2D eigenvalue weighted by Gasteiger charge is -2.23. The topological polar surface area (TPSA) is 29.4 Å². The standard InChI is InChI=1S/C18H14FNO/c1-10-3-6-16-15(7-10)18(11(2)20-16)9-12-4-5-13(19)8-14(12)17(18)21/h3-8H,9H2,1-2H3. The van der Waals surface area contributed by atoms with Crippen molar-refractivity contribution in [2.24, 2.45) is 4.99 Å². The molecule has 0 aromatic heterocycles. The van der Waals surface area contributed by atoms with Gasteiger partial charge in [0, 0.05) is 11.3 Å². The van der Waals surface area contributed by atoms with Gasteiger partial charge in [-0.15, -0.1) is 0 Å². The summed E-state index contributed by atoms with van der Waals surface area (Å²) in [5.41, 5.74) is 4.42. The molecule has 2 aliphatic rings. The molecule has 1 heterocycles. The highest BCUT2D eigenvalue weighted by atomic mass is 19.1. The Labute approximate surface area is 122 Å². The Kier molecular flexibility index (Phi) is 2.30. The average molecular weight is 279 g/mol. The number of halogens is 1. The summed E-state index contributed by atoms with van der Waals surface area (Å²) in [6.45, 7) is 3.91. The van der Waals surface area contributed by atoms with E-state index < -0.39 is 5.41 Å². The van der Waals surface area contributed by atoms with Crippen LogP contribution in [0.1, 0.15) is 34.0 Å². The molecule has 0 saturated heterocycles. The molecule has 1 atom stereocenters. The van der Waals surface area contributed by atoms with Crippen LogP contribution in [-0.2, 0) is 11.8 Å². The zero-order valence-electron chi connectivity index (χ0n) is 11.9. The predicted octanol–water partition coefficient (Wildman–Crippen LogP) is 3.92. The molecular formula is C18H14FNO. The lowest BCUT2D eigenvalue weighted by Crippen LogP contribution is -2.38. The van der Waals surface area contributed by atoms with Crippen molar-refractivity contribution < 1.29 is 9.18 Å². The highest BCUT2D eigenvalue weighted by Crippen LogP contribution is 2.49. The third-order valence-corrected chi connectivity index (χ3v) is 4.68. The van der Waals surface area contributed by atoms with Crippen molar-refractivity contribution in [2.75, 3.05) is 0 Å². The lowest BCUT2D eigenvalue weighted by atomic mass is 9.74. The van der Waals surface area contributed by atoms with Crippen LogP contribution in [0.2, 0.25) is 0 Å². The predicted molar refractivity (Wildman–Crippen MR) is 80.1 cm³/mol. The van der Waals surface area contributed by atoms with Gasteiger partial charge in [-0.1, -0.05) is 23.8 Å². The molecule has 1 aliphatic heterocycles. The van der Waals surface area contributed by atoms with Crippen LogP contribution in [0.3, 0.4) is 0 Å². The van der Waals surface area contributed by atoms with Crippen molar-refractivity contribution in [3.05, 3.63) is 64.5 Å². The Hall–Kier alpha value is -2.29. The molecule has 0 N–H and O–H groups in total. The van der Waals surface area contributed by atoms with Crippen molar-refractivity contribution in [3.8, 4) is 0 Å². The number of hydrogen-bond donors (Lipinski definition) is 0. The molecule has 2 aromatic carbocycles. The van der Waals surface area contributed by atoms with Gasteiger partial charge in [-0.25, -0.2) is 4.39 Å². The zero-order valence-corrected chi connectivity index (χ0v) is 11.9. The molecule has 1 spiro atoms. The van der Waals surface area contributed by atoms with Gasteiger partial charge in [0.25, 0.3) is 0 Å². The molecule has 0 bridgehead atoms. The maximum atomic E-state index is 13.5. The highest BCUT2D eigenvalue weighted by molar-refractivity contribution is 6.26. The van der Waals surface area contributed by atoms with Gasteiger partial charge in [-0.2, -0.15) is 0 Å². The smallest absolute Gasteiger partial charge is 0.179 e. The molecule has 0 saturated carbocycles. The van der Waals surface area contributed by atoms with E-state index >= 15 is 0 Å². The minimum atomic E-state index is -0.725. The normalized spacial score (nSPS) is 22.4. The molecule has 0 amide bonds. The Morgan fingerprint density at radius 1 is 1.14 bits per heavy atom. The van der Waals surface area contributed by atoms with E-state index in [0.29, 0.717) is 12.0 Å². The fourth-order valence-corrected chi connectivity index (χ4v) is 3.58. The van der Waals surface area contributed by atoms with Gasteiger partial charge >= 0.3 is 0 Å². The van der Waals surface area contributed by atoms with E-state index in [2.05, 4.69) is 4.99 Å². The first-order chi connectivity index (χ1) is 10.0. The number of ketones is 1. The van der Waals surface area contributed by atoms with Gasteiger partial charge < -0.3 is 0 Å². The third-order valence-electron chi connectivity index (χ3n) is 4.68. The minimum Gasteiger partial charge on any atom is -0.293 e. The monoisotopic (exact) mass is 279 g/mol. The Bertz CT molecular complexity index is 837. The second-order valence-electron chi connectivity index (χ2n) is 5.93. The van der Waals surface area contributed by atoms with Gasteiger partial charge in [0.15, 0.2) is 5.78 Å². The van der Waals surface area contributed by atoms with E-state index in [-0.39, 0.29) is 11.6 Å². The van der Waals surface area contributed by atoms with E-state index in [1.165, 1.54) is 12.1 Å². The Morgan fingerprint density at radius 2 is 1.95 bits per heavy atom. The minimum absolute atomic E-state index is 0.0254. The summed E-state index contributed by atoms with van der Waals surface area (Å²) < 4.78 is 13.5. The van der Waals surface area contributed by atoms with Crippen LogP contribution in [-0.4, -0.2) is 11.5 Å². The molecule has 104 valence electrons. The van der Waals surface area contributed by atoms with Crippen LogP contribution in [0.4, 0.5) is 10.1 Å². The summed E-state index contributed by atoms with van der Waals surface area (Å²) in [6.07, 6.45) is 0.577. The van der Waals surface area contributed by atoms with Gasteiger partial charge in [-0.05, 0) is 49.6 Å². The maximum Gasteiger partial charge on any atom is 0.179 e. The summed E-state index contributed by atoms with van der Waals surface area (Å²) in [4.78, 5) is 17.6. The van der Waals surface area contributed by atoms with E-state index in [4.69, 9.17) is 0 Å². The van der Waals surface area contributed by atoms with Crippen LogP contribution in [0, 0.1) is 12.7 Å². The largest absolute Gasteiger partial charge is 0.293 e. The third kappa shape index (κ3) is 1.46. The molecule has 3 heteroatoms. The van der Waals surface area contributed by atoms with Crippen LogP contribution in [0.15, 0.2) is 41.4 Å². The maximum absolute atomic E-state index is 13.5. The van der Waals surface area contributed by atoms with Crippen molar-refractivity contribution in [2.45, 2.75) is 25.7 Å². The number of aliphatic imine (C=N–C) groups is 1. The summed E-state index contributed by atoms with van der Waals surface area (Å²) in [5.74, 6) is -0.390. The first-order valence-corrected chi connectivity index (χ1v) is 7.02. The fourth-order valence-electron chi connectivity index (χ4n) is 3.58. The first-order valence-electron chi connectivity index (χ1n) is 7.02. The highest BCUT2D eigenvalue weighted by Gasteiger charge is 2.52. The molecule has 1 unspecified atom stereocenters. The number of Topliss-reactive ketones (excluding diaryl/α,β-unsaturated/α-hetero) is 1. The Morgan fingerprint density at radius 3 is 2.76 bits per heavy atom. The van der Waals surface area contributed by atoms with Crippen molar-refractivity contribution in [1.82, 2.24) is 0 Å². The van der Waals surface area contributed by atoms with Crippen LogP contribution >= 0.6 is 0 Å². The number of benzene rings is 2. The van der Waals surface area contributed by atoms with Crippen LogP contribution in [0.5, 0.6) is 0 Å². The number of aryl methyl sites for hydroxylation is 1. The lowest BCUT2D eigenvalue weighted by molar-refractivity contribution is 0.0946. The number of carbonyl (C=O) groups excluding carboxylic acids is 1. The first kappa shape index (κ1) is 12.5. The van der Waals surface area contributed by atoms with E-state index in [1.807, 2.05) is 32.0 Å². The second-order valence-corrected chi connectivity index (χ2v) is 5.93. The molecule has 21 heavy (non-hydrogen) atoms. The second kappa shape index (κ2) is 3.88. The quantitative estimate of drug-likeness (QED) is 0.718. The van der Waals surface area contributed by atoms with Crippen LogP contribution < -0.4 is 0 Å². The number of fused-ring (bicyclic) bond motifs is 3. The number of hydrogen-bond acceptors (Lipinski definition) is 2. The molecule has 4 rings (SSSR count). The molecular weight excluding hydrogens is 265 g/mol. The number of rotatable bonds is 0. The van der Waals surface area contributed by atoms with Gasteiger partial charge in [-0.3, -0.25) is 9.79 Å². The molecule has 2 nitrogen and oxygen atoms in total. The van der Waals surface area contributed by atoms with Crippen molar-refractivity contribution in [3.63, 3.8) is 0 Å². The van der Waals surface area contributed by atoms with Crippen molar-refractivity contribution in [1.29, 1.82) is 0 Å². The number of carbonyl (C=O) groups is 1.